The number of carboxylic acids is 1. The number of urea groups is 1. The first kappa shape index (κ1) is 15.6. The van der Waals surface area contributed by atoms with Crippen LogP contribution >= 0.6 is 0 Å². The van der Waals surface area contributed by atoms with Crippen LogP contribution in [-0.4, -0.2) is 47.3 Å². The summed E-state index contributed by atoms with van der Waals surface area (Å²) in [6, 6.07) is -1.82. The van der Waals surface area contributed by atoms with Crippen LogP contribution in [0.5, 0.6) is 0 Å². The average Bonchev–Trinajstić information content (AvgIpc) is 2.34. The molecule has 1 heterocycles. The Morgan fingerprint density at radius 1 is 1.47 bits per heavy atom. The Morgan fingerprint density at radius 2 is 2.11 bits per heavy atom. The highest BCUT2D eigenvalue weighted by molar-refractivity contribution is 5.82. The molecular weight excluding hydrogens is 265 g/mol. The van der Waals surface area contributed by atoms with Gasteiger partial charge in [0.15, 0.2) is 0 Å². The van der Waals surface area contributed by atoms with Gasteiger partial charge in [0, 0.05) is 13.1 Å². The van der Waals surface area contributed by atoms with E-state index in [0.29, 0.717) is 0 Å². The SMILES string of the molecule is CCC(NC(=O)N1CCCC(C(F)(F)F)C1)C(=O)O. The van der Waals surface area contributed by atoms with E-state index in [1.165, 1.54) is 0 Å². The predicted octanol–water partition coefficient (Wildman–Crippen LogP) is 1.83. The molecule has 1 aliphatic heterocycles. The van der Waals surface area contributed by atoms with Gasteiger partial charge in [0.1, 0.15) is 6.04 Å². The summed E-state index contributed by atoms with van der Waals surface area (Å²) in [6.45, 7) is 1.38. The van der Waals surface area contributed by atoms with Crippen LogP contribution < -0.4 is 5.32 Å². The number of likely N-dealkylation sites (tertiary alicyclic amines) is 1. The summed E-state index contributed by atoms with van der Waals surface area (Å²) in [4.78, 5) is 23.5. The molecule has 2 unspecified atom stereocenters. The third-order valence-corrected chi connectivity index (χ3v) is 3.18. The standard InChI is InChI=1S/C11H17F3N2O3/c1-2-8(9(17)18)15-10(19)16-5-3-4-7(6-16)11(12,13)14/h7-8H,2-6H2,1H3,(H,15,19)(H,17,18). The van der Waals surface area contributed by atoms with Crippen LogP contribution in [0.3, 0.4) is 0 Å². The van der Waals surface area contributed by atoms with Gasteiger partial charge in [-0.25, -0.2) is 9.59 Å². The lowest BCUT2D eigenvalue weighted by molar-refractivity contribution is -0.184. The Hall–Kier alpha value is -1.47. The molecule has 19 heavy (non-hydrogen) atoms. The van der Waals surface area contributed by atoms with E-state index in [0.717, 1.165) is 4.90 Å². The maximum Gasteiger partial charge on any atom is 0.393 e. The van der Waals surface area contributed by atoms with Gasteiger partial charge in [-0.1, -0.05) is 6.92 Å². The number of carboxylic acid groups (broad SMARTS) is 1. The van der Waals surface area contributed by atoms with Crippen molar-refractivity contribution in [2.24, 2.45) is 5.92 Å². The van der Waals surface area contributed by atoms with E-state index in [1.807, 2.05) is 0 Å². The molecule has 1 rings (SSSR count). The van der Waals surface area contributed by atoms with E-state index in [1.54, 1.807) is 6.92 Å². The molecule has 0 aromatic heterocycles. The summed E-state index contributed by atoms with van der Waals surface area (Å²) >= 11 is 0. The molecule has 0 bridgehead atoms. The molecule has 1 fully saturated rings. The number of piperidine rings is 1. The van der Waals surface area contributed by atoms with Gasteiger partial charge < -0.3 is 15.3 Å². The van der Waals surface area contributed by atoms with E-state index in [4.69, 9.17) is 5.11 Å². The van der Waals surface area contributed by atoms with Crippen molar-refractivity contribution in [3.05, 3.63) is 0 Å². The fraction of sp³-hybridized carbons (Fsp3) is 0.818. The van der Waals surface area contributed by atoms with Gasteiger partial charge >= 0.3 is 18.2 Å². The molecule has 0 aromatic rings. The Morgan fingerprint density at radius 3 is 2.58 bits per heavy atom. The number of hydrogen-bond acceptors (Lipinski definition) is 2. The maximum absolute atomic E-state index is 12.6. The van der Waals surface area contributed by atoms with E-state index in [-0.39, 0.29) is 25.8 Å². The first-order valence-electron chi connectivity index (χ1n) is 6.10. The van der Waals surface area contributed by atoms with Crippen molar-refractivity contribution < 1.29 is 27.9 Å². The van der Waals surface area contributed by atoms with Crippen LogP contribution in [0, 0.1) is 5.92 Å². The number of hydrogen-bond donors (Lipinski definition) is 2. The van der Waals surface area contributed by atoms with Gasteiger partial charge in [-0.05, 0) is 19.3 Å². The second-order valence-electron chi connectivity index (χ2n) is 4.58. The number of halogens is 3. The summed E-state index contributed by atoms with van der Waals surface area (Å²) in [6.07, 6.45) is -3.88. The van der Waals surface area contributed by atoms with E-state index < -0.39 is 36.7 Å². The molecule has 8 heteroatoms. The highest BCUT2D eigenvalue weighted by Crippen LogP contribution is 2.33. The van der Waals surface area contributed by atoms with E-state index in [2.05, 4.69) is 5.32 Å². The minimum absolute atomic E-state index is 0.00339. The number of alkyl halides is 3. The zero-order chi connectivity index (χ0) is 14.6. The van der Waals surface area contributed by atoms with Crippen LogP contribution in [-0.2, 0) is 4.79 Å². The van der Waals surface area contributed by atoms with Crippen molar-refractivity contribution in [2.75, 3.05) is 13.1 Å². The second-order valence-corrected chi connectivity index (χ2v) is 4.58. The summed E-state index contributed by atoms with van der Waals surface area (Å²) < 4.78 is 37.7. The van der Waals surface area contributed by atoms with Crippen molar-refractivity contribution in [3.8, 4) is 0 Å². The number of carbonyl (C=O) groups is 2. The van der Waals surface area contributed by atoms with Gasteiger partial charge in [-0.2, -0.15) is 13.2 Å². The number of nitrogens with zero attached hydrogens (tertiary/aromatic N) is 1. The molecule has 2 amide bonds. The van der Waals surface area contributed by atoms with Crippen LogP contribution in [0.2, 0.25) is 0 Å². The summed E-state index contributed by atoms with van der Waals surface area (Å²) in [7, 11) is 0. The molecule has 1 aliphatic rings. The van der Waals surface area contributed by atoms with Gasteiger partial charge in [0.25, 0.3) is 0 Å². The second kappa shape index (κ2) is 6.12. The number of nitrogens with one attached hydrogen (secondary N) is 1. The molecule has 2 N–H and O–H groups in total. The fourth-order valence-electron chi connectivity index (χ4n) is 2.01. The highest BCUT2D eigenvalue weighted by atomic mass is 19.4. The molecule has 5 nitrogen and oxygen atoms in total. The minimum Gasteiger partial charge on any atom is -0.480 e. The summed E-state index contributed by atoms with van der Waals surface area (Å²) in [5.74, 6) is -2.72. The lowest BCUT2D eigenvalue weighted by Crippen LogP contribution is -2.52. The van der Waals surface area contributed by atoms with Crippen molar-refractivity contribution in [1.29, 1.82) is 0 Å². The number of aliphatic carboxylic acids is 1. The van der Waals surface area contributed by atoms with Crippen molar-refractivity contribution in [1.82, 2.24) is 10.2 Å². The zero-order valence-electron chi connectivity index (χ0n) is 10.5. The van der Waals surface area contributed by atoms with Crippen molar-refractivity contribution in [3.63, 3.8) is 0 Å². The number of carbonyl (C=O) groups excluding carboxylic acids is 1. The largest absolute Gasteiger partial charge is 0.480 e. The monoisotopic (exact) mass is 282 g/mol. The molecule has 110 valence electrons. The van der Waals surface area contributed by atoms with Crippen molar-refractivity contribution >= 4 is 12.0 Å². The lowest BCUT2D eigenvalue weighted by atomic mass is 9.98. The Balaban J connectivity index is 2.60. The topological polar surface area (TPSA) is 69.6 Å². The van der Waals surface area contributed by atoms with Crippen LogP contribution in [0.25, 0.3) is 0 Å². The third-order valence-electron chi connectivity index (χ3n) is 3.18. The first-order valence-corrected chi connectivity index (χ1v) is 6.10. The Kier molecular flexibility index (Phi) is 5.02. The normalized spacial score (nSPS) is 21.9. The van der Waals surface area contributed by atoms with Gasteiger partial charge in [-0.15, -0.1) is 0 Å². The number of rotatable bonds is 3. The average molecular weight is 282 g/mol. The number of amides is 2. The molecule has 1 saturated heterocycles. The quantitative estimate of drug-likeness (QED) is 0.829. The first-order chi connectivity index (χ1) is 8.75. The molecule has 0 radical (unpaired) electrons. The van der Waals surface area contributed by atoms with Crippen LogP contribution in [0.4, 0.5) is 18.0 Å². The molecule has 0 spiro atoms. The maximum atomic E-state index is 12.6. The smallest absolute Gasteiger partial charge is 0.393 e. The molecule has 0 aliphatic carbocycles. The van der Waals surface area contributed by atoms with Gasteiger partial charge in [0.05, 0.1) is 5.92 Å². The minimum atomic E-state index is -4.32. The van der Waals surface area contributed by atoms with Gasteiger partial charge in [-0.3, -0.25) is 0 Å². The lowest BCUT2D eigenvalue weighted by Gasteiger charge is -2.34. The zero-order valence-corrected chi connectivity index (χ0v) is 10.5. The van der Waals surface area contributed by atoms with E-state index in [9.17, 15) is 22.8 Å². The molecule has 0 saturated carbocycles. The fourth-order valence-corrected chi connectivity index (χ4v) is 2.01. The van der Waals surface area contributed by atoms with E-state index >= 15 is 0 Å². The molecule has 0 aromatic carbocycles. The van der Waals surface area contributed by atoms with Gasteiger partial charge in [0.2, 0.25) is 0 Å². The highest BCUT2D eigenvalue weighted by Gasteiger charge is 2.42. The Bertz CT molecular complexity index is 347. The molecular formula is C11H17F3N2O3. The van der Waals surface area contributed by atoms with Crippen molar-refractivity contribution in [2.45, 2.75) is 38.4 Å². The predicted molar refractivity (Wildman–Crippen MR) is 60.6 cm³/mol. The third kappa shape index (κ3) is 4.29. The van der Waals surface area contributed by atoms with Crippen LogP contribution in [0.15, 0.2) is 0 Å². The Labute approximate surface area is 108 Å². The molecule has 2 atom stereocenters. The summed E-state index contributed by atoms with van der Waals surface area (Å²) in [5.41, 5.74) is 0. The summed E-state index contributed by atoms with van der Waals surface area (Å²) in [5, 5.41) is 11.0. The van der Waals surface area contributed by atoms with Crippen LogP contribution in [0.1, 0.15) is 26.2 Å².